The molecule has 0 radical (unpaired) electrons. The smallest absolute Gasteiger partial charge is 0.413 e. The van der Waals surface area contributed by atoms with Gasteiger partial charge in [-0.1, -0.05) is 0 Å². The van der Waals surface area contributed by atoms with Gasteiger partial charge in [0.05, 0.1) is 23.1 Å². The average molecular weight is 328 g/mol. The number of nitrogens with zero attached hydrogens (tertiary/aromatic N) is 2. The Kier molecular flexibility index (Phi) is 3.98. The van der Waals surface area contributed by atoms with E-state index in [1.165, 1.54) is 31.4 Å². The summed E-state index contributed by atoms with van der Waals surface area (Å²) in [6.45, 7) is 0. The molecule has 1 heterocycles. The van der Waals surface area contributed by atoms with E-state index in [9.17, 15) is 14.9 Å². The van der Waals surface area contributed by atoms with E-state index in [4.69, 9.17) is 4.74 Å². The van der Waals surface area contributed by atoms with Gasteiger partial charge in [0.2, 0.25) is 5.95 Å². The Labute approximate surface area is 135 Å². The lowest BCUT2D eigenvalue weighted by Crippen LogP contribution is -2.11. The molecule has 2 aromatic carbocycles. The summed E-state index contributed by atoms with van der Waals surface area (Å²) in [5, 5.41) is 13.1. The number of H-pyrrole nitrogens is 1. The third-order valence-electron chi connectivity index (χ3n) is 3.14. The molecule has 24 heavy (non-hydrogen) atoms. The van der Waals surface area contributed by atoms with Gasteiger partial charge in [-0.3, -0.25) is 15.4 Å². The van der Waals surface area contributed by atoms with Crippen molar-refractivity contribution >= 4 is 28.8 Å². The van der Waals surface area contributed by atoms with Crippen LogP contribution in [0.3, 0.4) is 0 Å². The number of methoxy groups -OCH3 is 1. The number of nitro benzene ring substituents is 1. The van der Waals surface area contributed by atoms with Crippen molar-refractivity contribution in [3.8, 4) is 11.5 Å². The Hall–Kier alpha value is -3.62. The first-order valence-electron chi connectivity index (χ1n) is 6.82. The molecule has 3 aromatic rings. The number of rotatable bonds is 4. The first kappa shape index (κ1) is 15.3. The van der Waals surface area contributed by atoms with Crippen molar-refractivity contribution in [1.82, 2.24) is 9.97 Å². The molecule has 122 valence electrons. The van der Waals surface area contributed by atoms with Crippen molar-refractivity contribution in [1.29, 1.82) is 0 Å². The number of benzene rings is 2. The lowest BCUT2D eigenvalue weighted by molar-refractivity contribution is -0.384. The summed E-state index contributed by atoms with van der Waals surface area (Å²) in [5.74, 6) is 1.24. The van der Waals surface area contributed by atoms with Gasteiger partial charge >= 0.3 is 6.09 Å². The topological polar surface area (TPSA) is 119 Å². The molecule has 0 aliphatic heterocycles. The van der Waals surface area contributed by atoms with Gasteiger partial charge in [-0.05, 0) is 24.3 Å². The second-order valence-electron chi connectivity index (χ2n) is 4.73. The first-order valence-corrected chi connectivity index (χ1v) is 6.82. The highest BCUT2D eigenvalue weighted by atomic mass is 16.6. The number of imidazole rings is 1. The van der Waals surface area contributed by atoms with Gasteiger partial charge in [0, 0.05) is 18.2 Å². The number of carbonyl (C=O) groups excluding carboxylic acids is 1. The molecule has 0 unspecified atom stereocenters. The van der Waals surface area contributed by atoms with Crippen LogP contribution in [0.15, 0.2) is 42.5 Å². The average Bonchev–Trinajstić information content (AvgIpc) is 2.96. The van der Waals surface area contributed by atoms with Crippen LogP contribution in [0.25, 0.3) is 11.0 Å². The third kappa shape index (κ3) is 3.24. The van der Waals surface area contributed by atoms with E-state index in [-0.39, 0.29) is 11.6 Å². The Bertz CT molecular complexity index is 904. The number of nitrogens with one attached hydrogen (secondary N) is 2. The number of carbonyl (C=O) groups is 1. The molecule has 0 fully saturated rings. The molecule has 0 aliphatic carbocycles. The fourth-order valence-electron chi connectivity index (χ4n) is 2.03. The summed E-state index contributed by atoms with van der Waals surface area (Å²) < 4.78 is 10.1. The highest BCUT2D eigenvalue weighted by molar-refractivity contribution is 5.86. The minimum Gasteiger partial charge on any atom is -0.457 e. The predicted molar refractivity (Wildman–Crippen MR) is 85.3 cm³/mol. The molecular weight excluding hydrogens is 316 g/mol. The third-order valence-corrected chi connectivity index (χ3v) is 3.14. The summed E-state index contributed by atoms with van der Waals surface area (Å²) >= 11 is 0. The van der Waals surface area contributed by atoms with Crippen LogP contribution < -0.4 is 10.1 Å². The van der Waals surface area contributed by atoms with Crippen molar-refractivity contribution < 1.29 is 19.2 Å². The van der Waals surface area contributed by atoms with Crippen molar-refractivity contribution in [2.45, 2.75) is 0 Å². The maximum absolute atomic E-state index is 11.2. The number of anilines is 1. The normalized spacial score (nSPS) is 10.4. The quantitative estimate of drug-likeness (QED) is 0.559. The van der Waals surface area contributed by atoms with E-state index in [1.807, 2.05) is 0 Å². The lowest BCUT2D eigenvalue weighted by Gasteiger charge is -2.05. The molecule has 0 saturated carbocycles. The van der Waals surface area contributed by atoms with Crippen LogP contribution in [0.5, 0.6) is 11.5 Å². The molecule has 3 rings (SSSR count). The molecule has 1 amide bonds. The maximum Gasteiger partial charge on any atom is 0.413 e. The first-order chi connectivity index (χ1) is 11.5. The molecule has 9 heteroatoms. The van der Waals surface area contributed by atoms with Crippen molar-refractivity contribution in [3.63, 3.8) is 0 Å². The van der Waals surface area contributed by atoms with Crippen molar-refractivity contribution in [2.24, 2.45) is 0 Å². The highest BCUT2D eigenvalue weighted by Crippen LogP contribution is 2.26. The standard InChI is InChI=1S/C15H12N4O5/c1-23-15(20)18-14-16-12-7-6-11(8-13(12)17-14)24-10-4-2-9(3-5-10)19(21)22/h2-8H,1H3,(H2,16,17,18,20). The number of non-ortho nitro benzene ring substituents is 1. The predicted octanol–water partition coefficient (Wildman–Crippen LogP) is 3.44. The minimum absolute atomic E-state index is 0.00936. The Morgan fingerprint density at radius 1 is 1.21 bits per heavy atom. The second-order valence-corrected chi connectivity index (χ2v) is 4.73. The molecular formula is C15H12N4O5. The number of aromatic amines is 1. The van der Waals surface area contributed by atoms with E-state index in [2.05, 4.69) is 20.0 Å². The molecule has 0 saturated heterocycles. The van der Waals surface area contributed by atoms with Crippen LogP contribution in [-0.2, 0) is 4.74 Å². The summed E-state index contributed by atoms with van der Waals surface area (Å²) in [5.41, 5.74) is 1.28. The van der Waals surface area contributed by atoms with Crippen LogP contribution in [0.2, 0.25) is 0 Å². The number of hydrogen-bond acceptors (Lipinski definition) is 6. The van der Waals surface area contributed by atoms with E-state index < -0.39 is 11.0 Å². The number of hydrogen-bond donors (Lipinski definition) is 2. The number of ether oxygens (including phenoxy) is 2. The maximum atomic E-state index is 11.2. The minimum atomic E-state index is -0.628. The molecule has 0 spiro atoms. The summed E-state index contributed by atoms with van der Waals surface area (Å²) in [7, 11) is 1.26. The van der Waals surface area contributed by atoms with Gasteiger partial charge in [0.1, 0.15) is 11.5 Å². The van der Waals surface area contributed by atoms with Gasteiger partial charge in [-0.25, -0.2) is 9.78 Å². The number of fused-ring (bicyclic) bond motifs is 1. The van der Waals surface area contributed by atoms with Crippen LogP contribution in [0, 0.1) is 10.1 Å². The van der Waals surface area contributed by atoms with E-state index in [1.54, 1.807) is 18.2 Å². The van der Waals surface area contributed by atoms with Crippen LogP contribution >= 0.6 is 0 Å². The molecule has 9 nitrogen and oxygen atoms in total. The van der Waals surface area contributed by atoms with E-state index >= 15 is 0 Å². The molecule has 1 aromatic heterocycles. The zero-order valence-electron chi connectivity index (χ0n) is 12.5. The Balaban J connectivity index is 1.79. The van der Waals surface area contributed by atoms with Gasteiger partial charge in [-0.2, -0.15) is 0 Å². The molecule has 0 bridgehead atoms. The monoisotopic (exact) mass is 328 g/mol. The Morgan fingerprint density at radius 2 is 1.92 bits per heavy atom. The van der Waals surface area contributed by atoms with Crippen LogP contribution in [0.4, 0.5) is 16.4 Å². The SMILES string of the molecule is COC(=O)Nc1nc2ccc(Oc3ccc([N+](=O)[O-])cc3)cc2[nH]1. The van der Waals surface area contributed by atoms with E-state index in [0.717, 1.165) is 0 Å². The zero-order chi connectivity index (χ0) is 17.1. The van der Waals surface area contributed by atoms with Gasteiger partial charge in [0.25, 0.3) is 5.69 Å². The van der Waals surface area contributed by atoms with Crippen LogP contribution in [0.1, 0.15) is 0 Å². The second kappa shape index (κ2) is 6.24. The summed E-state index contributed by atoms with van der Waals surface area (Å²) in [6.07, 6.45) is -0.628. The van der Waals surface area contributed by atoms with Crippen LogP contribution in [-0.4, -0.2) is 28.1 Å². The molecule has 2 N–H and O–H groups in total. The number of aromatic nitrogens is 2. The van der Waals surface area contributed by atoms with Gasteiger partial charge in [-0.15, -0.1) is 0 Å². The van der Waals surface area contributed by atoms with Gasteiger partial charge in [0.15, 0.2) is 0 Å². The zero-order valence-corrected chi connectivity index (χ0v) is 12.5. The van der Waals surface area contributed by atoms with Crippen molar-refractivity contribution in [3.05, 3.63) is 52.6 Å². The Morgan fingerprint density at radius 3 is 2.58 bits per heavy atom. The summed E-state index contributed by atoms with van der Waals surface area (Å²) in [6, 6.07) is 10.9. The fraction of sp³-hybridized carbons (Fsp3) is 0.0667. The summed E-state index contributed by atoms with van der Waals surface area (Å²) in [4.78, 5) is 28.4. The fourth-order valence-corrected chi connectivity index (χ4v) is 2.03. The van der Waals surface area contributed by atoms with E-state index in [0.29, 0.717) is 22.5 Å². The van der Waals surface area contributed by atoms with Crippen molar-refractivity contribution in [2.75, 3.05) is 12.4 Å². The molecule has 0 aliphatic rings. The van der Waals surface area contributed by atoms with Gasteiger partial charge < -0.3 is 14.5 Å². The number of amides is 1. The highest BCUT2D eigenvalue weighted by Gasteiger charge is 2.09. The number of nitro groups is 1. The largest absolute Gasteiger partial charge is 0.457 e. The lowest BCUT2D eigenvalue weighted by atomic mass is 10.3. The molecule has 0 atom stereocenters.